The highest BCUT2D eigenvalue weighted by atomic mass is 35.7. The fraction of sp³-hybridized carbons (Fsp3) is 0.417. The van der Waals surface area contributed by atoms with Gasteiger partial charge in [0.2, 0.25) is 0 Å². The van der Waals surface area contributed by atoms with Crippen molar-refractivity contribution < 1.29 is 22.3 Å². The predicted molar refractivity (Wildman–Crippen MR) is 69.3 cm³/mol. The molecule has 0 saturated heterocycles. The highest BCUT2D eigenvalue weighted by molar-refractivity contribution is 8.13. The highest BCUT2D eigenvalue weighted by Gasteiger charge is 2.21. The van der Waals surface area contributed by atoms with Crippen molar-refractivity contribution in [1.29, 1.82) is 0 Å². The van der Waals surface area contributed by atoms with Gasteiger partial charge in [-0.3, -0.25) is 0 Å². The van der Waals surface area contributed by atoms with Crippen LogP contribution in [0.15, 0.2) is 17.0 Å². The van der Waals surface area contributed by atoms with E-state index in [1.807, 2.05) is 13.8 Å². The van der Waals surface area contributed by atoms with Crippen LogP contribution in [0.2, 0.25) is 0 Å². The van der Waals surface area contributed by atoms with Crippen LogP contribution in [-0.4, -0.2) is 21.0 Å². The van der Waals surface area contributed by atoms with Gasteiger partial charge in [-0.05, 0) is 30.5 Å². The van der Waals surface area contributed by atoms with E-state index in [1.54, 1.807) is 0 Å². The fourth-order valence-corrected chi connectivity index (χ4v) is 2.34. The number of hydrogen-bond acceptors (Lipinski definition) is 4. The summed E-state index contributed by atoms with van der Waals surface area (Å²) in [5.74, 6) is -1.53. The fourth-order valence-electron chi connectivity index (χ4n) is 1.36. The smallest absolute Gasteiger partial charge is 0.338 e. The molecular weight excluding hydrogens is 295 g/mol. The zero-order chi connectivity index (χ0) is 14.8. The number of rotatable bonds is 4. The molecule has 0 N–H and O–H groups in total. The average molecular weight is 309 g/mol. The first-order valence-electron chi connectivity index (χ1n) is 5.55. The molecule has 0 aliphatic rings. The molecule has 0 spiro atoms. The molecule has 1 rings (SSSR count). The van der Waals surface area contributed by atoms with E-state index in [0.29, 0.717) is 0 Å². The lowest BCUT2D eigenvalue weighted by Gasteiger charge is -2.09. The Morgan fingerprint density at radius 2 is 2.00 bits per heavy atom. The van der Waals surface area contributed by atoms with E-state index in [-0.39, 0.29) is 23.7 Å². The Labute approximate surface area is 115 Å². The molecule has 7 heteroatoms. The highest BCUT2D eigenvalue weighted by Crippen LogP contribution is 2.24. The summed E-state index contributed by atoms with van der Waals surface area (Å²) in [6.07, 6.45) is 0. The third-order valence-electron chi connectivity index (χ3n) is 2.27. The van der Waals surface area contributed by atoms with Gasteiger partial charge in [0, 0.05) is 10.7 Å². The molecule has 0 saturated carbocycles. The van der Waals surface area contributed by atoms with E-state index >= 15 is 0 Å². The topological polar surface area (TPSA) is 60.4 Å². The van der Waals surface area contributed by atoms with Crippen molar-refractivity contribution in [3.63, 3.8) is 0 Å². The molecule has 1 aromatic carbocycles. The largest absolute Gasteiger partial charge is 0.462 e. The van der Waals surface area contributed by atoms with Gasteiger partial charge in [-0.25, -0.2) is 17.6 Å². The lowest BCUT2D eigenvalue weighted by Crippen LogP contribution is -2.12. The molecule has 0 unspecified atom stereocenters. The average Bonchev–Trinajstić information content (AvgIpc) is 2.27. The second-order valence-corrected chi connectivity index (χ2v) is 7.07. The summed E-state index contributed by atoms with van der Waals surface area (Å²) < 4.78 is 41.0. The van der Waals surface area contributed by atoms with Gasteiger partial charge in [-0.2, -0.15) is 0 Å². The van der Waals surface area contributed by atoms with E-state index in [0.717, 1.165) is 6.07 Å². The first-order chi connectivity index (χ1) is 8.62. The molecule has 1 aromatic rings. The Morgan fingerprint density at radius 3 is 2.47 bits per heavy atom. The van der Waals surface area contributed by atoms with E-state index in [1.165, 1.54) is 13.0 Å². The first kappa shape index (κ1) is 15.9. The summed E-state index contributed by atoms with van der Waals surface area (Å²) in [7, 11) is 0.866. The van der Waals surface area contributed by atoms with Gasteiger partial charge in [-0.1, -0.05) is 13.8 Å². The standard InChI is InChI=1S/C12H14ClFO4S/c1-7(2)6-18-12(15)9-4-8(3)11(14)10(5-9)19(13,16)17/h4-5,7H,6H2,1-3H3. The predicted octanol–water partition coefficient (Wildman–Crippen LogP) is 2.87. The van der Waals surface area contributed by atoms with Gasteiger partial charge in [0.15, 0.2) is 0 Å². The Balaban J connectivity index is 3.18. The van der Waals surface area contributed by atoms with Gasteiger partial charge >= 0.3 is 5.97 Å². The Morgan fingerprint density at radius 1 is 1.42 bits per heavy atom. The number of benzene rings is 1. The molecule has 0 bridgehead atoms. The number of aryl methyl sites for hydroxylation is 1. The third kappa shape index (κ3) is 4.18. The van der Waals surface area contributed by atoms with Crippen LogP contribution in [0.3, 0.4) is 0 Å². The number of hydrogen-bond donors (Lipinski definition) is 0. The van der Waals surface area contributed by atoms with Crippen LogP contribution in [0, 0.1) is 18.7 Å². The second-order valence-electron chi connectivity index (χ2n) is 4.54. The number of halogens is 2. The summed E-state index contributed by atoms with van der Waals surface area (Å²) in [5, 5.41) is 0. The number of carbonyl (C=O) groups is 1. The molecule has 19 heavy (non-hydrogen) atoms. The zero-order valence-corrected chi connectivity index (χ0v) is 12.3. The molecule has 0 fully saturated rings. The van der Waals surface area contributed by atoms with Crippen LogP contribution in [0.25, 0.3) is 0 Å². The summed E-state index contributed by atoms with van der Waals surface area (Å²) >= 11 is 0. The number of carbonyl (C=O) groups excluding carboxylic acids is 1. The quantitative estimate of drug-likeness (QED) is 0.634. The molecule has 4 nitrogen and oxygen atoms in total. The van der Waals surface area contributed by atoms with Crippen molar-refractivity contribution in [1.82, 2.24) is 0 Å². The van der Waals surface area contributed by atoms with Gasteiger partial charge in [0.25, 0.3) is 9.05 Å². The summed E-state index contributed by atoms with van der Waals surface area (Å²) in [4.78, 5) is 11.0. The van der Waals surface area contributed by atoms with Crippen molar-refractivity contribution in [2.75, 3.05) is 6.61 Å². The van der Waals surface area contributed by atoms with Gasteiger partial charge in [0.1, 0.15) is 10.7 Å². The van der Waals surface area contributed by atoms with Crippen molar-refractivity contribution in [2.45, 2.75) is 25.7 Å². The molecule has 0 aromatic heterocycles. The summed E-state index contributed by atoms with van der Waals surface area (Å²) in [6.45, 7) is 5.26. The monoisotopic (exact) mass is 308 g/mol. The Bertz CT molecular complexity index is 596. The minimum atomic E-state index is -4.25. The molecule has 0 aliphatic heterocycles. The van der Waals surface area contributed by atoms with E-state index in [2.05, 4.69) is 0 Å². The van der Waals surface area contributed by atoms with Crippen LogP contribution in [0.4, 0.5) is 4.39 Å². The summed E-state index contributed by atoms with van der Waals surface area (Å²) in [5.41, 5.74) is -0.0306. The molecule has 0 radical (unpaired) electrons. The van der Waals surface area contributed by atoms with E-state index < -0.39 is 25.7 Å². The van der Waals surface area contributed by atoms with Crippen LogP contribution in [0.1, 0.15) is 29.8 Å². The van der Waals surface area contributed by atoms with Crippen molar-refractivity contribution in [3.8, 4) is 0 Å². The maximum absolute atomic E-state index is 13.6. The molecule has 106 valence electrons. The van der Waals surface area contributed by atoms with Crippen LogP contribution in [-0.2, 0) is 13.8 Å². The van der Waals surface area contributed by atoms with Crippen molar-refractivity contribution >= 4 is 25.7 Å². The van der Waals surface area contributed by atoms with Crippen LogP contribution >= 0.6 is 10.7 Å². The zero-order valence-electron chi connectivity index (χ0n) is 10.7. The van der Waals surface area contributed by atoms with Gasteiger partial charge < -0.3 is 4.74 Å². The third-order valence-corrected chi connectivity index (χ3v) is 3.59. The summed E-state index contributed by atoms with van der Waals surface area (Å²) in [6, 6.07) is 2.11. The minimum absolute atomic E-state index is 0.0122. The molecule has 0 aliphatic carbocycles. The molecular formula is C12H14ClFO4S. The minimum Gasteiger partial charge on any atom is -0.462 e. The Hall–Kier alpha value is -1.14. The van der Waals surface area contributed by atoms with Crippen molar-refractivity contribution in [2.24, 2.45) is 5.92 Å². The lowest BCUT2D eigenvalue weighted by molar-refractivity contribution is 0.0458. The van der Waals surface area contributed by atoms with E-state index in [9.17, 15) is 17.6 Å². The maximum atomic E-state index is 13.6. The van der Waals surface area contributed by atoms with Gasteiger partial charge in [-0.15, -0.1) is 0 Å². The lowest BCUT2D eigenvalue weighted by atomic mass is 10.1. The number of ether oxygens (including phenoxy) is 1. The molecule has 0 amide bonds. The molecule has 0 heterocycles. The number of esters is 1. The normalized spacial score (nSPS) is 11.7. The van der Waals surface area contributed by atoms with Crippen LogP contribution < -0.4 is 0 Å². The first-order valence-corrected chi connectivity index (χ1v) is 7.85. The maximum Gasteiger partial charge on any atom is 0.338 e. The van der Waals surface area contributed by atoms with Crippen LogP contribution in [0.5, 0.6) is 0 Å². The Kier molecular flexibility index (Phi) is 4.92. The van der Waals surface area contributed by atoms with E-state index in [4.69, 9.17) is 15.4 Å². The van der Waals surface area contributed by atoms with Crippen molar-refractivity contribution in [3.05, 3.63) is 29.1 Å². The second kappa shape index (κ2) is 5.88. The van der Waals surface area contributed by atoms with Gasteiger partial charge in [0.05, 0.1) is 12.2 Å². The SMILES string of the molecule is Cc1cc(C(=O)OCC(C)C)cc(S(=O)(=O)Cl)c1F. The molecule has 0 atom stereocenters.